The summed E-state index contributed by atoms with van der Waals surface area (Å²) in [6.45, 7) is 0.574. The van der Waals surface area contributed by atoms with Crippen LogP contribution in [0.5, 0.6) is 0 Å². The van der Waals surface area contributed by atoms with Crippen molar-refractivity contribution in [3.05, 3.63) is 42.7 Å². The topological polar surface area (TPSA) is 74.0 Å². The van der Waals surface area contributed by atoms with Crippen LogP contribution in [0.15, 0.2) is 37.1 Å². The Morgan fingerprint density at radius 2 is 2.24 bits per heavy atom. The molecule has 0 amide bonds. The van der Waals surface area contributed by atoms with Crippen molar-refractivity contribution in [3.63, 3.8) is 0 Å². The van der Waals surface area contributed by atoms with Gasteiger partial charge in [-0.25, -0.2) is 14.6 Å². The van der Waals surface area contributed by atoms with Gasteiger partial charge in [0, 0.05) is 12.6 Å². The highest BCUT2D eigenvalue weighted by Gasteiger charge is 2.12. The maximum Gasteiger partial charge on any atom is 0.177 e. The maximum absolute atomic E-state index is 5.65. The molecule has 0 saturated carbocycles. The molecule has 0 atom stereocenters. The molecule has 3 heterocycles. The summed E-state index contributed by atoms with van der Waals surface area (Å²) in [5.41, 5.74) is 7.59. The molecule has 3 aromatic heterocycles. The third kappa shape index (κ3) is 1.58. The van der Waals surface area contributed by atoms with Crippen LogP contribution in [0.4, 0.5) is 0 Å². The SMILES string of the molecule is NCCc1c(-n2cncn2)nc2ccccn12. The van der Waals surface area contributed by atoms with E-state index in [1.807, 2.05) is 28.8 Å². The summed E-state index contributed by atoms with van der Waals surface area (Å²) in [4.78, 5) is 8.48. The standard InChI is InChI=1S/C11H12N6/c12-5-4-9-11(17-8-13-7-14-17)15-10-3-1-2-6-16(9)10/h1-3,6-8H,4-5,12H2. The van der Waals surface area contributed by atoms with Gasteiger partial charge in [0.1, 0.15) is 18.3 Å². The summed E-state index contributed by atoms with van der Waals surface area (Å²) in [6, 6.07) is 5.89. The fraction of sp³-hybridized carbons (Fsp3) is 0.182. The average molecular weight is 228 g/mol. The molecule has 0 aromatic carbocycles. The lowest BCUT2D eigenvalue weighted by atomic mass is 10.3. The molecule has 86 valence electrons. The summed E-state index contributed by atoms with van der Waals surface area (Å²) in [6.07, 6.45) is 5.87. The molecule has 3 rings (SSSR count). The molecule has 0 aliphatic rings. The number of hydrogen-bond acceptors (Lipinski definition) is 4. The maximum atomic E-state index is 5.65. The number of aromatic nitrogens is 5. The summed E-state index contributed by atoms with van der Waals surface area (Å²) in [5.74, 6) is 0.791. The van der Waals surface area contributed by atoms with Gasteiger partial charge in [0.2, 0.25) is 0 Å². The van der Waals surface area contributed by atoms with Crippen molar-refractivity contribution in [2.45, 2.75) is 6.42 Å². The number of nitrogens with zero attached hydrogens (tertiary/aromatic N) is 5. The molecule has 0 spiro atoms. The van der Waals surface area contributed by atoms with Gasteiger partial charge in [-0.1, -0.05) is 6.07 Å². The lowest BCUT2D eigenvalue weighted by Gasteiger charge is -2.02. The molecule has 0 aliphatic heterocycles. The molecule has 0 unspecified atom stereocenters. The van der Waals surface area contributed by atoms with E-state index < -0.39 is 0 Å². The summed E-state index contributed by atoms with van der Waals surface area (Å²) in [5, 5.41) is 4.11. The Hall–Kier alpha value is -2.21. The van der Waals surface area contributed by atoms with Crippen molar-refractivity contribution < 1.29 is 0 Å². The van der Waals surface area contributed by atoms with Crippen molar-refractivity contribution in [2.75, 3.05) is 6.54 Å². The minimum atomic E-state index is 0.574. The Morgan fingerprint density at radius 1 is 1.29 bits per heavy atom. The fourth-order valence-corrected chi connectivity index (χ4v) is 1.90. The van der Waals surface area contributed by atoms with Gasteiger partial charge < -0.3 is 10.1 Å². The van der Waals surface area contributed by atoms with Crippen LogP contribution in [0.1, 0.15) is 5.69 Å². The largest absolute Gasteiger partial charge is 0.330 e. The molecule has 0 fully saturated rings. The van der Waals surface area contributed by atoms with E-state index in [0.717, 1.165) is 23.6 Å². The van der Waals surface area contributed by atoms with E-state index in [2.05, 4.69) is 15.1 Å². The summed E-state index contributed by atoms with van der Waals surface area (Å²) in [7, 11) is 0. The van der Waals surface area contributed by atoms with Gasteiger partial charge in [-0.05, 0) is 18.7 Å². The lowest BCUT2D eigenvalue weighted by Crippen LogP contribution is -2.08. The summed E-state index contributed by atoms with van der Waals surface area (Å²) >= 11 is 0. The first-order chi connectivity index (χ1) is 8.40. The van der Waals surface area contributed by atoms with Crippen LogP contribution in [0.3, 0.4) is 0 Å². The zero-order valence-corrected chi connectivity index (χ0v) is 9.19. The predicted octanol–water partition coefficient (Wildman–Crippen LogP) is 0.416. The number of nitrogens with two attached hydrogens (primary N) is 1. The molecule has 0 aliphatic carbocycles. The number of rotatable bonds is 3. The van der Waals surface area contributed by atoms with E-state index in [-0.39, 0.29) is 0 Å². The minimum Gasteiger partial charge on any atom is -0.330 e. The fourth-order valence-electron chi connectivity index (χ4n) is 1.90. The first kappa shape index (κ1) is 9.98. The van der Waals surface area contributed by atoms with E-state index in [1.165, 1.54) is 6.33 Å². The van der Waals surface area contributed by atoms with Crippen LogP contribution in [-0.4, -0.2) is 30.7 Å². The van der Waals surface area contributed by atoms with E-state index in [9.17, 15) is 0 Å². The molecule has 17 heavy (non-hydrogen) atoms. The molecule has 0 bridgehead atoms. The van der Waals surface area contributed by atoms with Crippen molar-refractivity contribution in [3.8, 4) is 5.82 Å². The van der Waals surface area contributed by atoms with E-state index in [4.69, 9.17) is 5.73 Å². The lowest BCUT2D eigenvalue weighted by molar-refractivity contribution is 0.815. The second kappa shape index (κ2) is 3.99. The van der Waals surface area contributed by atoms with Crippen LogP contribution < -0.4 is 5.73 Å². The molecule has 2 N–H and O–H groups in total. The first-order valence-electron chi connectivity index (χ1n) is 5.41. The third-order valence-corrected chi connectivity index (χ3v) is 2.62. The monoisotopic (exact) mass is 228 g/mol. The minimum absolute atomic E-state index is 0.574. The molecular formula is C11H12N6. The predicted molar refractivity (Wildman–Crippen MR) is 62.9 cm³/mol. The first-order valence-corrected chi connectivity index (χ1v) is 5.41. The molecular weight excluding hydrogens is 216 g/mol. The highest BCUT2D eigenvalue weighted by Crippen LogP contribution is 2.15. The van der Waals surface area contributed by atoms with E-state index in [0.29, 0.717) is 6.54 Å². The summed E-state index contributed by atoms with van der Waals surface area (Å²) < 4.78 is 3.70. The van der Waals surface area contributed by atoms with Crippen molar-refractivity contribution in [1.29, 1.82) is 0 Å². The van der Waals surface area contributed by atoms with Gasteiger partial charge in [-0.3, -0.25) is 0 Å². The van der Waals surface area contributed by atoms with Crippen LogP contribution in [0.25, 0.3) is 11.5 Å². The Balaban J connectivity index is 2.26. The molecule has 6 heteroatoms. The van der Waals surface area contributed by atoms with Gasteiger partial charge in [0.05, 0.1) is 5.69 Å². The third-order valence-electron chi connectivity index (χ3n) is 2.62. The number of hydrogen-bond donors (Lipinski definition) is 1. The van der Waals surface area contributed by atoms with Gasteiger partial charge in [-0.15, -0.1) is 0 Å². The second-order valence-corrected chi connectivity index (χ2v) is 3.69. The van der Waals surface area contributed by atoms with Gasteiger partial charge in [0.15, 0.2) is 5.82 Å². The van der Waals surface area contributed by atoms with Crippen LogP contribution in [0.2, 0.25) is 0 Å². The van der Waals surface area contributed by atoms with Crippen LogP contribution in [-0.2, 0) is 6.42 Å². The highest BCUT2D eigenvalue weighted by atomic mass is 15.4. The van der Waals surface area contributed by atoms with Gasteiger partial charge >= 0.3 is 0 Å². The number of fused-ring (bicyclic) bond motifs is 1. The normalized spacial score (nSPS) is 11.1. The molecule has 6 nitrogen and oxygen atoms in total. The Bertz CT molecular complexity index is 625. The quantitative estimate of drug-likeness (QED) is 0.705. The van der Waals surface area contributed by atoms with E-state index in [1.54, 1.807) is 11.0 Å². The van der Waals surface area contributed by atoms with Crippen LogP contribution in [0, 0.1) is 0 Å². The number of pyridine rings is 1. The molecule has 0 saturated heterocycles. The van der Waals surface area contributed by atoms with Crippen molar-refractivity contribution >= 4 is 5.65 Å². The molecule has 0 radical (unpaired) electrons. The Kier molecular flexibility index (Phi) is 2.34. The second-order valence-electron chi connectivity index (χ2n) is 3.69. The number of imidazole rings is 1. The van der Waals surface area contributed by atoms with Gasteiger partial charge in [-0.2, -0.15) is 5.10 Å². The van der Waals surface area contributed by atoms with Crippen molar-refractivity contribution in [2.24, 2.45) is 5.73 Å². The zero-order chi connectivity index (χ0) is 11.7. The Morgan fingerprint density at radius 3 is 3.00 bits per heavy atom. The van der Waals surface area contributed by atoms with Crippen molar-refractivity contribution in [1.82, 2.24) is 24.1 Å². The molecule has 3 aromatic rings. The smallest absolute Gasteiger partial charge is 0.177 e. The highest BCUT2D eigenvalue weighted by molar-refractivity contribution is 5.48. The average Bonchev–Trinajstić information content (AvgIpc) is 2.97. The van der Waals surface area contributed by atoms with Gasteiger partial charge in [0.25, 0.3) is 0 Å². The van der Waals surface area contributed by atoms with Crippen LogP contribution >= 0.6 is 0 Å². The Labute approximate surface area is 97.7 Å². The zero-order valence-electron chi connectivity index (χ0n) is 9.19. The van der Waals surface area contributed by atoms with E-state index >= 15 is 0 Å².